The Morgan fingerprint density at radius 1 is 0.867 bits per heavy atom. The predicted octanol–water partition coefficient (Wildman–Crippen LogP) is 3.31. The maximum absolute atomic E-state index is 5.55. The Morgan fingerprint density at radius 3 is 1.67 bits per heavy atom. The Hall–Kier alpha value is -0.0151. The molecule has 0 saturated heterocycles. The molecule has 88 valence electrons. The zero-order valence-corrected chi connectivity index (χ0v) is 10.3. The fourth-order valence-electron chi connectivity index (χ4n) is 1.32. The zero-order chi connectivity index (χ0) is 11.4. The molecular weight excluding hydrogens is 187 g/mol. The van der Waals surface area contributed by atoms with E-state index in [1.807, 2.05) is 0 Å². The summed E-state index contributed by atoms with van der Waals surface area (Å²) < 4.78 is 11.1. The quantitative estimate of drug-likeness (QED) is 0.297. The lowest BCUT2D eigenvalue weighted by molar-refractivity contribution is -0.131. The standard InChI is InChI=1S/C12H25BO2/c1-3-5-7-9-14-12(11-13)15-10-8-6-4-2/h12H,3-11H2,1-2H3. The third kappa shape index (κ3) is 10.3. The minimum Gasteiger partial charge on any atom is -0.353 e. The van der Waals surface area contributed by atoms with Crippen LogP contribution in [0.4, 0.5) is 0 Å². The second-order valence-corrected chi connectivity index (χ2v) is 3.82. The predicted molar refractivity (Wildman–Crippen MR) is 65.3 cm³/mol. The number of ether oxygens (including phenoxy) is 2. The fraction of sp³-hybridized carbons (Fsp3) is 1.00. The highest BCUT2D eigenvalue weighted by Crippen LogP contribution is 2.04. The summed E-state index contributed by atoms with van der Waals surface area (Å²) in [4.78, 5) is 0. The van der Waals surface area contributed by atoms with Crippen LogP contribution in [0.1, 0.15) is 52.4 Å². The summed E-state index contributed by atoms with van der Waals surface area (Å²) in [5.74, 6) is 0. The maximum Gasteiger partial charge on any atom is 0.149 e. The van der Waals surface area contributed by atoms with Gasteiger partial charge in [0.15, 0.2) is 0 Å². The van der Waals surface area contributed by atoms with Crippen molar-refractivity contribution in [1.29, 1.82) is 0 Å². The molecule has 0 bridgehead atoms. The van der Waals surface area contributed by atoms with E-state index in [0.717, 1.165) is 26.1 Å². The van der Waals surface area contributed by atoms with Gasteiger partial charge in [-0.05, 0) is 19.2 Å². The minimum atomic E-state index is -0.196. The highest BCUT2D eigenvalue weighted by molar-refractivity contribution is 6.08. The molecule has 0 atom stereocenters. The topological polar surface area (TPSA) is 18.5 Å². The van der Waals surface area contributed by atoms with Gasteiger partial charge in [-0.15, -0.1) is 0 Å². The lowest BCUT2D eigenvalue weighted by atomic mass is 10.1. The van der Waals surface area contributed by atoms with Gasteiger partial charge in [0.2, 0.25) is 0 Å². The molecule has 0 aliphatic rings. The van der Waals surface area contributed by atoms with Gasteiger partial charge in [-0.2, -0.15) is 0 Å². The first kappa shape index (κ1) is 15.0. The SMILES string of the molecule is [B]CC(OCCCCC)OCCCCC. The first-order valence-electron chi connectivity index (χ1n) is 6.28. The van der Waals surface area contributed by atoms with Gasteiger partial charge in [0.05, 0.1) is 7.85 Å². The second kappa shape index (κ2) is 12.1. The third-order valence-electron chi connectivity index (χ3n) is 2.30. The molecule has 2 radical (unpaired) electrons. The van der Waals surface area contributed by atoms with Crippen LogP contribution in [0.25, 0.3) is 0 Å². The molecule has 15 heavy (non-hydrogen) atoms. The monoisotopic (exact) mass is 212 g/mol. The molecule has 0 spiro atoms. The first-order chi connectivity index (χ1) is 7.35. The van der Waals surface area contributed by atoms with E-state index in [-0.39, 0.29) is 6.29 Å². The lowest BCUT2D eigenvalue weighted by Gasteiger charge is -2.17. The van der Waals surface area contributed by atoms with Crippen LogP contribution in [0.2, 0.25) is 6.32 Å². The molecule has 0 aromatic carbocycles. The first-order valence-corrected chi connectivity index (χ1v) is 6.28. The molecule has 0 rings (SSSR count). The molecule has 2 nitrogen and oxygen atoms in total. The van der Waals surface area contributed by atoms with Crippen molar-refractivity contribution < 1.29 is 9.47 Å². The summed E-state index contributed by atoms with van der Waals surface area (Å²) in [7, 11) is 5.55. The molecule has 0 N–H and O–H groups in total. The van der Waals surface area contributed by atoms with Gasteiger partial charge < -0.3 is 9.47 Å². The summed E-state index contributed by atoms with van der Waals surface area (Å²) in [6.07, 6.45) is 7.33. The zero-order valence-electron chi connectivity index (χ0n) is 10.3. The average molecular weight is 212 g/mol. The van der Waals surface area contributed by atoms with Crippen LogP contribution in [0, 0.1) is 0 Å². The van der Waals surface area contributed by atoms with E-state index in [0.29, 0.717) is 6.32 Å². The summed E-state index contributed by atoms with van der Waals surface area (Å²) in [6, 6.07) is 0. The Bertz CT molecular complexity index is 108. The van der Waals surface area contributed by atoms with Crippen LogP contribution in [0.5, 0.6) is 0 Å². The minimum absolute atomic E-state index is 0.196. The molecule has 0 aliphatic carbocycles. The van der Waals surface area contributed by atoms with E-state index in [1.165, 1.54) is 25.7 Å². The molecule has 0 aromatic rings. The largest absolute Gasteiger partial charge is 0.353 e. The Balaban J connectivity index is 3.29. The van der Waals surface area contributed by atoms with E-state index in [2.05, 4.69) is 13.8 Å². The Morgan fingerprint density at radius 2 is 1.33 bits per heavy atom. The number of unbranched alkanes of at least 4 members (excludes halogenated alkanes) is 4. The van der Waals surface area contributed by atoms with E-state index < -0.39 is 0 Å². The van der Waals surface area contributed by atoms with Crippen LogP contribution < -0.4 is 0 Å². The van der Waals surface area contributed by atoms with Gasteiger partial charge in [-0.1, -0.05) is 39.5 Å². The Kier molecular flexibility index (Phi) is 12.0. The smallest absolute Gasteiger partial charge is 0.149 e. The van der Waals surface area contributed by atoms with Crippen molar-refractivity contribution in [2.24, 2.45) is 0 Å². The van der Waals surface area contributed by atoms with Crippen molar-refractivity contribution >= 4 is 7.85 Å². The summed E-state index contributed by atoms with van der Waals surface area (Å²) >= 11 is 0. The second-order valence-electron chi connectivity index (χ2n) is 3.82. The fourth-order valence-corrected chi connectivity index (χ4v) is 1.32. The summed E-state index contributed by atoms with van der Waals surface area (Å²) in [6.45, 7) is 5.90. The highest BCUT2D eigenvalue weighted by atomic mass is 16.7. The van der Waals surface area contributed by atoms with Crippen LogP contribution in [0.15, 0.2) is 0 Å². The van der Waals surface area contributed by atoms with E-state index in [1.54, 1.807) is 0 Å². The van der Waals surface area contributed by atoms with Crippen LogP contribution in [0.3, 0.4) is 0 Å². The van der Waals surface area contributed by atoms with Crippen LogP contribution in [-0.4, -0.2) is 27.4 Å². The van der Waals surface area contributed by atoms with Gasteiger partial charge in [0, 0.05) is 13.2 Å². The Labute approximate surface area is 96.1 Å². The van der Waals surface area contributed by atoms with E-state index in [9.17, 15) is 0 Å². The number of hydrogen-bond acceptors (Lipinski definition) is 2. The molecule has 0 amide bonds. The maximum atomic E-state index is 5.55. The van der Waals surface area contributed by atoms with Crippen molar-refractivity contribution in [1.82, 2.24) is 0 Å². The molecule has 0 fully saturated rings. The molecule has 0 aromatic heterocycles. The lowest BCUT2D eigenvalue weighted by Crippen LogP contribution is -2.18. The van der Waals surface area contributed by atoms with Gasteiger partial charge >= 0.3 is 0 Å². The molecule has 0 saturated carbocycles. The van der Waals surface area contributed by atoms with Gasteiger partial charge in [0.1, 0.15) is 6.29 Å². The third-order valence-corrected chi connectivity index (χ3v) is 2.30. The number of rotatable bonds is 11. The molecular formula is C12H25BO2. The van der Waals surface area contributed by atoms with Crippen molar-refractivity contribution in [3.05, 3.63) is 0 Å². The molecule has 0 aliphatic heterocycles. The molecule has 3 heteroatoms. The van der Waals surface area contributed by atoms with Crippen molar-refractivity contribution in [2.45, 2.75) is 65.0 Å². The van der Waals surface area contributed by atoms with Gasteiger partial charge in [-0.3, -0.25) is 0 Å². The average Bonchev–Trinajstić information content (AvgIpc) is 2.27. The van der Waals surface area contributed by atoms with Crippen molar-refractivity contribution in [3.63, 3.8) is 0 Å². The van der Waals surface area contributed by atoms with Gasteiger partial charge in [0.25, 0.3) is 0 Å². The van der Waals surface area contributed by atoms with Gasteiger partial charge in [-0.25, -0.2) is 0 Å². The van der Waals surface area contributed by atoms with Crippen molar-refractivity contribution in [2.75, 3.05) is 13.2 Å². The normalized spacial score (nSPS) is 11.1. The molecule has 0 heterocycles. The summed E-state index contributed by atoms with van der Waals surface area (Å²) in [5, 5.41) is 0. The number of hydrogen-bond donors (Lipinski definition) is 0. The highest BCUT2D eigenvalue weighted by Gasteiger charge is 2.04. The summed E-state index contributed by atoms with van der Waals surface area (Å²) in [5.41, 5.74) is 0. The van der Waals surface area contributed by atoms with E-state index in [4.69, 9.17) is 17.3 Å². The van der Waals surface area contributed by atoms with Crippen LogP contribution >= 0.6 is 0 Å². The van der Waals surface area contributed by atoms with Crippen molar-refractivity contribution in [3.8, 4) is 0 Å². The van der Waals surface area contributed by atoms with Crippen LogP contribution in [-0.2, 0) is 9.47 Å². The molecule has 0 unspecified atom stereocenters. The van der Waals surface area contributed by atoms with E-state index >= 15 is 0 Å².